The molecule has 0 aliphatic carbocycles. The van der Waals surface area contributed by atoms with Crippen molar-refractivity contribution in [3.8, 4) is 5.69 Å². The Morgan fingerprint density at radius 3 is 2.95 bits per heavy atom. The van der Waals surface area contributed by atoms with Gasteiger partial charge in [0.2, 0.25) is 0 Å². The molecule has 8 nitrogen and oxygen atoms in total. The van der Waals surface area contributed by atoms with Crippen molar-refractivity contribution in [2.75, 3.05) is 11.9 Å². The van der Waals surface area contributed by atoms with Crippen molar-refractivity contribution in [2.45, 2.75) is 0 Å². The number of carbonyl (C=O) groups excluding carboxylic acids is 1. The fraction of sp³-hybridized carbons (Fsp3) is 0.0769. The van der Waals surface area contributed by atoms with Crippen molar-refractivity contribution in [1.29, 1.82) is 0 Å². The number of amides is 1. The molecule has 0 radical (unpaired) electrons. The third kappa shape index (κ3) is 3.66. The molecular formula is C13H12N4O4. The van der Waals surface area contributed by atoms with Gasteiger partial charge in [0.25, 0.3) is 0 Å². The van der Waals surface area contributed by atoms with Gasteiger partial charge in [-0.15, -0.1) is 5.10 Å². The van der Waals surface area contributed by atoms with Crippen molar-refractivity contribution in [3.63, 3.8) is 0 Å². The molecule has 0 bridgehead atoms. The summed E-state index contributed by atoms with van der Waals surface area (Å²) in [5.74, 6) is -1.16. The Kier molecular flexibility index (Phi) is 4.30. The molecule has 0 saturated heterocycles. The van der Waals surface area contributed by atoms with E-state index in [1.807, 2.05) is 0 Å². The number of carboxylic acids is 1. The minimum absolute atomic E-state index is 0.108. The number of aromatic carboxylic acids is 1. The summed E-state index contributed by atoms with van der Waals surface area (Å²) in [6, 6.07) is 6.64. The zero-order valence-electron chi connectivity index (χ0n) is 10.9. The molecule has 108 valence electrons. The van der Waals surface area contributed by atoms with Gasteiger partial charge in [0, 0.05) is 5.69 Å². The van der Waals surface area contributed by atoms with Crippen LogP contribution in [0.25, 0.3) is 5.69 Å². The van der Waals surface area contributed by atoms with Crippen LogP contribution in [-0.2, 0) is 4.74 Å². The van der Waals surface area contributed by atoms with Crippen LogP contribution in [0.15, 0.2) is 43.1 Å². The number of nitrogens with one attached hydrogen (secondary N) is 1. The molecule has 0 aliphatic heterocycles. The molecule has 21 heavy (non-hydrogen) atoms. The van der Waals surface area contributed by atoms with E-state index in [9.17, 15) is 9.59 Å². The van der Waals surface area contributed by atoms with Gasteiger partial charge in [-0.05, 0) is 18.2 Å². The van der Waals surface area contributed by atoms with E-state index in [0.717, 1.165) is 0 Å². The SMILES string of the molecule is C=CCOC(=O)Nc1cccc(-n2cc(C(=O)O)nn2)c1. The maximum atomic E-state index is 11.4. The van der Waals surface area contributed by atoms with Gasteiger partial charge in [-0.3, -0.25) is 5.32 Å². The van der Waals surface area contributed by atoms with Crippen LogP contribution in [-0.4, -0.2) is 38.8 Å². The predicted octanol–water partition coefficient (Wildman–Crippen LogP) is 1.70. The Morgan fingerprint density at radius 1 is 1.48 bits per heavy atom. The third-order valence-corrected chi connectivity index (χ3v) is 2.40. The zero-order valence-corrected chi connectivity index (χ0v) is 10.9. The van der Waals surface area contributed by atoms with E-state index in [-0.39, 0.29) is 12.3 Å². The van der Waals surface area contributed by atoms with Crippen LogP contribution in [0.2, 0.25) is 0 Å². The highest BCUT2D eigenvalue weighted by Gasteiger charge is 2.10. The summed E-state index contributed by atoms with van der Waals surface area (Å²) in [6.07, 6.45) is 2.12. The fourth-order valence-corrected chi connectivity index (χ4v) is 1.50. The second-order valence-corrected chi connectivity index (χ2v) is 3.92. The smallest absolute Gasteiger partial charge is 0.411 e. The number of carboxylic acid groups (broad SMARTS) is 1. The van der Waals surface area contributed by atoms with Crippen molar-refractivity contribution < 1.29 is 19.4 Å². The second-order valence-electron chi connectivity index (χ2n) is 3.92. The number of hydrogen-bond donors (Lipinski definition) is 2. The third-order valence-electron chi connectivity index (χ3n) is 2.40. The van der Waals surface area contributed by atoms with Crippen LogP contribution in [0.3, 0.4) is 0 Å². The molecule has 1 amide bonds. The molecule has 0 saturated carbocycles. The average molecular weight is 288 g/mol. The van der Waals surface area contributed by atoms with E-state index in [4.69, 9.17) is 9.84 Å². The molecule has 1 heterocycles. The van der Waals surface area contributed by atoms with Crippen LogP contribution in [0.1, 0.15) is 10.5 Å². The molecular weight excluding hydrogens is 276 g/mol. The van der Waals surface area contributed by atoms with Gasteiger partial charge in [-0.1, -0.05) is 23.9 Å². The first-order valence-electron chi connectivity index (χ1n) is 5.91. The maximum absolute atomic E-state index is 11.4. The van der Waals surface area contributed by atoms with Crippen molar-refractivity contribution >= 4 is 17.7 Å². The van der Waals surface area contributed by atoms with Crippen molar-refractivity contribution in [3.05, 3.63) is 48.8 Å². The molecule has 2 N–H and O–H groups in total. The first-order chi connectivity index (χ1) is 10.1. The van der Waals surface area contributed by atoms with Crippen molar-refractivity contribution in [2.24, 2.45) is 0 Å². The Bertz CT molecular complexity index is 680. The lowest BCUT2D eigenvalue weighted by Crippen LogP contribution is -2.13. The summed E-state index contributed by atoms with van der Waals surface area (Å²) in [6.45, 7) is 3.55. The number of ether oxygens (including phenoxy) is 1. The fourth-order valence-electron chi connectivity index (χ4n) is 1.50. The second kappa shape index (κ2) is 6.33. The van der Waals surface area contributed by atoms with E-state index in [0.29, 0.717) is 11.4 Å². The van der Waals surface area contributed by atoms with Crippen LogP contribution < -0.4 is 5.32 Å². The summed E-state index contributed by atoms with van der Waals surface area (Å²) in [4.78, 5) is 22.2. The Hall–Kier alpha value is -3.16. The molecule has 0 atom stereocenters. The molecule has 0 spiro atoms. The van der Waals surface area contributed by atoms with Crippen LogP contribution in [0.4, 0.5) is 10.5 Å². The van der Waals surface area contributed by atoms with Gasteiger partial charge in [-0.25, -0.2) is 14.3 Å². The Balaban J connectivity index is 2.14. The normalized spacial score (nSPS) is 9.90. The summed E-state index contributed by atoms with van der Waals surface area (Å²) >= 11 is 0. The molecule has 0 unspecified atom stereocenters. The molecule has 1 aromatic heterocycles. The van der Waals surface area contributed by atoms with Gasteiger partial charge in [-0.2, -0.15) is 0 Å². The van der Waals surface area contributed by atoms with Gasteiger partial charge < -0.3 is 9.84 Å². The minimum atomic E-state index is -1.16. The first kappa shape index (κ1) is 14.3. The molecule has 1 aromatic carbocycles. The lowest BCUT2D eigenvalue weighted by atomic mass is 10.3. The predicted molar refractivity (Wildman–Crippen MR) is 73.5 cm³/mol. The minimum Gasteiger partial charge on any atom is -0.476 e. The highest BCUT2D eigenvalue weighted by atomic mass is 16.5. The van der Waals surface area contributed by atoms with Gasteiger partial charge in [0.15, 0.2) is 5.69 Å². The summed E-state index contributed by atoms with van der Waals surface area (Å²) < 4.78 is 6.09. The number of hydrogen-bond acceptors (Lipinski definition) is 5. The molecule has 0 fully saturated rings. The zero-order chi connectivity index (χ0) is 15.2. The lowest BCUT2D eigenvalue weighted by molar-refractivity contribution is 0.0690. The van der Waals surface area contributed by atoms with Crippen molar-refractivity contribution in [1.82, 2.24) is 15.0 Å². The summed E-state index contributed by atoms with van der Waals surface area (Å²) in [5, 5.41) is 18.6. The lowest BCUT2D eigenvalue weighted by Gasteiger charge is -2.07. The number of nitrogens with zero attached hydrogens (tertiary/aromatic N) is 3. The molecule has 2 aromatic rings. The van der Waals surface area contributed by atoms with Gasteiger partial charge in [0.1, 0.15) is 6.61 Å². The van der Waals surface area contributed by atoms with Crippen LogP contribution in [0.5, 0.6) is 0 Å². The molecule has 8 heteroatoms. The van der Waals surface area contributed by atoms with E-state index in [1.54, 1.807) is 24.3 Å². The number of rotatable bonds is 5. The largest absolute Gasteiger partial charge is 0.476 e. The number of aromatic nitrogens is 3. The summed E-state index contributed by atoms with van der Waals surface area (Å²) in [5.41, 5.74) is 0.865. The van der Waals surface area contributed by atoms with Crippen LogP contribution >= 0.6 is 0 Å². The Morgan fingerprint density at radius 2 is 2.29 bits per heavy atom. The highest BCUT2D eigenvalue weighted by molar-refractivity contribution is 5.85. The van der Waals surface area contributed by atoms with E-state index >= 15 is 0 Å². The van der Waals surface area contributed by atoms with E-state index in [2.05, 4.69) is 22.2 Å². The maximum Gasteiger partial charge on any atom is 0.411 e. The summed E-state index contributed by atoms with van der Waals surface area (Å²) in [7, 11) is 0. The topological polar surface area (TPSA) is 106 Å². The van der Waals surface area contributed by atoms with E-state index in [1.165, 1.54) is 17.0 Å². The number of carbonyl (C=O) groups is 2. The van der Waals surface area contributed by atoms with Gasteiger partial charge in [0.05, 0.1) is 11.9 Å². The van der Waals surface area contributed by atoms with Gasteiger partial charge >= 0.3 is 12.1 Å². The van der Waals surface area contributed by atoms with Crippen LogP contribution in [0, 0.1) is 0 Å². The van der Waals surface area contributed by atoms with E-state index < -0.39 is 12.1 Å². The number of benzene rings is 1. The Labute approximate surface area is 119 Å². The first-order valence-corrected chi connectivity index (χ1v) is 5.91. The molecule has 2 rings (SSSR count). The highest BCUT2D eigenvalue weighted by Crippen LogP contribution is 2.14. The monoisotopic (exact) mass is 288 g/mol. The number of anilines is 1. The quantitative estimate of drug-likeness (QED) is 0.811. The molecule has 0 aliphatic rings. The standard InChI is InChI=1S/C13H12N4O4/c1-2-6-21-13(20)14-9-4-3-5-10(7-9)17-8-11(12(18)19)15-16-17/h2-5,7-8H,1,6H2,(H,14,20)(H,18,19). The average Bonchev–Trinajstić information content (AvgIpc) is 2.95.